The van der Waals surface area contributed by atoms with Crippen LogP contribution in [0, 0.1) is 0 Å². The molecule has 0 aliphatic carbocycles. The molecule has 0 radical (unpaired) electrons. The first kappa shape index (κ1) is 24.9. The highest BCUT2D eigenvalue weighted by molar-refractivity contribution is 5.87. The van der Waals surface area contributed by atoms with Gasteiger partial charge in [0.2, 0.25) is 0 Å². The number of ether oxygens (including phenoxy) is 2. The summed E-state index contributed by atoms with van der Waals surface area (Å²) in [5.74, 6) is -0.302. The van der Waals surface area contributed by atoms with Gasteiger partial charge in [0.15, 0.2) is 12.2 Å². The van der Waals surface area contributed by atoms with E-state index in [0.29, 0.717) is 46.9 Å². The van der Waals surface area contributed by atoms with E-state index in [-0.39, 0.29) is 31.1 Å². The number of rotatable bonds is 7. The van der Waals surface area contributed by atoms with Gasteiger partial charge in [-0.3, -0.25) is 9.59 Å². The van der Waals surface area contributed by atoms with Crippen LogP contribution in [0.2, 0.25) is 0 Å². The van der Waals surface area contributed by atoms with Crippen LogP contribution in [0.4, 0.5) is 0 Å². The lowest BCUT2D eigenvalue weighted by Gasteiger charge is -2.31. The van der Waals surface area contributed by atoms with Crippen molar-refractivity contribution in [3.8, 4) is 17.1 Å². The Morgan fingerprint density at radius 3 is 2.70 bits per heavy atom. The van der Waals surface area contributed by atoms with E-state index in [9.17, 15) is 19.5 Å². The highest BCUT2D eigenvalue weighted by Crippen LogP contribution is 2.38. The number of nitrogens with zero attached hydrogens (tertiary/aromatic N) is 4. The summed E-state index contributed by atoms with van der Waals surface area (Å²) in [6.07, 6.45) is 0.0937. The molecule has 0 unspecified atom stereocenters. The molecule has 5 rings (SSSR count). The van der Waals surface area contributed by atoms with Gasteiger partial charge in [0.1, 0.15) is 12.4 Å². The number of carbonyl (C=O) groups is 2. The molecular weight excluding hydrogens is 476 g/mol. The van der Waals surface area contributed by atoms with Gasteiger partial charge in [-0.05, 0) is 50.8 Å². The summed E-state index contributed by atoms with van der Waals surface area (Å²) in [4.78, 5) is 46.5. The Bertz CT molecular complexity index is 1480. The van der Waals surface area contributed by atoms with E-state index in [1.54, 1.807) is 35.6 Å². The quantitative estimate of drug-likeness (QED) is 0.375. The molecule has 0 bridgehead atoms. The number of aliphatic hydroxyl groups is 1. The van der Waals surface area contributed by atoms with Crippen LogP contribution in [-0.2, 0) is 33.1 Å². The molecule has 0 fully saturated rings. The molecule has 4 heterocycles. The molecule has 2 aromatic heterocycles. The lowest BCUT2D eigenvalue weighted by atomic mass is 9.86. The monoisotopic (exact) mass is 506 g/mol. The van der Waals surface area contributed by atoms with Crippen molar-refractivity contribution in [3.63, 3.8) is 0 Å². The third-order valence-corrected chi connectivity index (χ3v) is 7.15. The average Bonchev–Trinajstić information content (AvgIpc) is 3.24. The molecule has 0 spiro atoms. The molecule has 1 aromatic carbocycles. The molecule has 1 N–H and O–H groups in total. The maximum Gasteiger partial charge on any atom is 0.343 e. The first-order valence-electron chi connectivity index (χ1n) is 12.2. The van der Waals surface area contributed by atoms with Crippen LogP contribution >= 0.6 is 0 Å². The minimum atomic E-state index is -1.86. The van der Waals surface area contributed by atoms with Crippen LogP contribution in [0.5, 0.6) is 5.75 Å². The molecule has 2 aliphatic heterocycles. The smallest absolute Gasteiger partial charge is 0.343 e. The van der Waals surface area contributed by atoms with Gasteiger partial charge in [0.05, 0.1) is 29.0 Å². The average molecular weight is 507 g/mol. The van der Waals surface area contributed by atoms with E-state index in [2.05, 4.69) is 0 Å². The molecule has 10 nitrogen and oxygen atoms in total. The SMILES string of the molecule is CC[C@@]1(O)C(=O)OCc2c1cc1n(c2=O)Cc2cc3cc(OCC(=O)N(C)CCN(C)C)ccc3nc2-1. The molecule has 2 aliphatic rings. The largest absolute Gasteiger partial charge is 0.484 e. The topological polar surface area (TPSA) is 114 Å². The fraction of sp³-hybridized carbons (Fsp3) is 0.407. The zero-order valence-corrected chi connectivity index (χ0v) is 21.4. The number of benzene rings is 1. The van der Waals surface area contributed by atoms with Crippen molar-refractivity contribution in [2.24, 2.45) is 0 Å². The molecule has 1 amide bonds. The molecule has 10 heteroatoms. The first-order valence-corrected chi connectivity index (χ1v) is 12.2. The highest BCUT2D eigenvalue weighted by atomic mass is 16.6. The Kier molecular flexibility index (Phi) is 6.25. The third kappa shape index (κ3) is 4.25. The van der Waals surface area contributed by atoms with Crippen molar-refractivity contribution < 1.29 is 24.2 Å². The van der Waals surface area contributed by atoms with Gasteiger partial charge in [-0.2, -0.15) is 0 Å². The summed E-state index contributed by atoms with van der Waals surface area (Å²) < 4.78 is 12.5. The van der Waals surface area contributed by atoms with Crippen molar-refractivity contribution >= 4 is 22.8 Å². The zero-order valence-electron chi connectivity index (χ0n) is 21.4. The number of hydrogen-bond acceptors (Lipinski definition) is 8. The van der Waals surface area contributed by atoms with Gasteiger partial charge in [-0.1, -0.05) is 6.92 Å². The second-order valence-corrected chi connectivity index (χ2v) is 9.86. The van der Waals surface area contributed by atoms with Gasteiger partial charge in [0.25, 0.3) is 11.5 Å². The molecule has 194 valence electrons. The van der Waals surface area contributed by atoms with E-state index in [0.717, 1.165) is 17.5 Å². The van der Waals surface area contributed by atoms with Crippen LogP contribution < -0.4 is 10.3 Å². The molecule has 0 saturated carbocycles. The van der Waals surface area contributed by atoms with Crippen molar-refractivity contribution in [2.75, 3.05) is 40.8 Å². The summed E-state index contributed by atoms with van der Waals surface area (Å²) in [7, 11) is 5.67. The predicted molar refractivity (Wildman–Crippen MR) is 136 cm³/mol. The fourth-order valence-corrected chi connectivity index (χ4v) is 4.78. The number of amides is 1. The number of pyridine rings is 2. The summed E-state index contributed by atoms with van der Waals surface area (Å²) in [6, 6.07) is 9.05. The summed E-state index contributed by atoms with van der Waals surface area (Å²) in [6.45, 7) is 3.15. The Labute approximate surface area is 214 Å². The number of cyclic esters (lactones) is 1. The van der Waals surface area contributed by atoms with Crippen LogP contribution in [0.25, 0.3) is 22.3 Å². The van der Waals surface area contributed by atoms with E-state index >= 15 is 0 Å². The molecule has 0 saturated heterocycles. The number of aromatic nitrogens is 2. The highest BCUT2D eigenvalue weighted by Gasteiger charge is 2.45. The first-order chi connectivity index (χ1) is 17.6. The Balaban J connectivity index is 1.43. The molecular formula is C27H30N4O6. The van der Waals surface area contributed by atoms with Gasteiger partial charge in [-0.15, -0.1) is 0 Å². The number of carbonyl (C=O) groups excluding carboxylic acids is 2. The fourth-order valence-electron chi connectivity index (χ4n) is 4.78. The Morgan fingerprint density at radius 2 is 1.97 bits per heavy atom. The lowest BCUT2D eigenvalue weighted by Crippen LogP contribution is -2.44. The van der Waals surface area contributed by atoms with Gasteiger partial charge in [-0.25, -0.2) is 9.78 Å². The minimum Gasteiger partial charge on any atom is -0.484 e. The van der Waals surface area contributed by atoms with Gasteiger partial charge < -0.3 is 28.9 Å². The van der Waals surface area contributed by atoms with Crippen molar-refractivity contribution in [1.82, 2.24) is 19.4 Å². The number of esters is 1. The van der Waals surface area contributed by atoms with Crippen LogP contribution in [0.3, 0.4) is 0 Å². The minimum absolute atomic E-state index is 0.0681. The van der Waals surface area contributed by atoms with Crippen LogP contribution in [-0.4, -0.2) is 77.2 Å². The second-order valence-electron chi connectivity index (χ2n) is 9.86. The van der Waals surface area contributed by atoms with Crippen molar-refractivity contribution in [3.05, 3.63) is 57.4 Å². The lowest BCUT2D eigenvalue weighted by molar-refractivity contribution is -0.172. The Hall–Kier alpha value is -3.76. The maximum atomic E-state index is 13.3. The molecule has 3 aromatic rings. The molecule has 37 heavy (non-hydrogen) atoms. The normalized spacial score (nSPS) is 17.8. The van der Waals surface area contributed by atoms with Crippen LogP contribution in [0.15, 0.2) is 35.1 Å². The predicted octanol–water partition coefficient (Wildman–Crippen LogP) is 1.48. The molecule has 1 atom stereocenters. The number of hydrogen-bond donors (Lipinski definition) is 1. The zero-order chi connectivity index (χ0) is 26.5. The summed E-state index contributed by atoms with van der Waals surface area (Å²) in [5.41, 5.74) is 1.17. The van der Waals surface area contributed by atoms with Gasteiger partial charge in [0, 0.05) is 36.7 Å². The Morgan fingerprint density at radius 1 is 1.19 bits per heavy atom. The van der Waals surface area contributed by atoms with Crippen molar-refractivity contribution in [2.45, 2.75) is 32.1 Å². The van der Waals surface area contributed by atoms with E-state index in [1.807, 2.05) is 37.2 Å². The van der Waals surface area contributed by atoms with E-state index in [4.69, 9.17) is 14.5 Å². The third-order valence-electron chi connectivity index (χ3n) is 7.15. The van der Waals surface area contributed by atoms with E-state index < -0.39 is 11.6 Å². The van der Waals surface area contributed by atoms with Gasteiger partial charge >= 0.3 is 5.97 Å². The number of likely N-dealkylation sites (N-methyl/N-ethyl adjacent to an activating group) is 2. The summed E-state index contributed by atoms with van der Waals surface area (Å²) in [5, 5.41) is 11.8. The maximum absolute atomic E-state index is 13.3. The number of fused-ring (bicyclic) bond motifs is 5. The standard InChI is InChI=1S/C27H30N4O6/c1-5-27(35)20-12-22-24-17(13-31(22)25(33)19(20)14-37-26(27)34)10-16-11-18(6-7-21(16)28-24)36-15-23(32)30(4)9-8-29(2)3/h6-7,10-12,35H,5,8-9,13-15H2,1-4H3/t27-/m0/s1. The summed E-state index contributed by atoms with van der Waals surface area (Å²) >= 11 is 0. The van der Waals surface area contributed by atoms with Crippen LogP contribution in [0.1, 0.15) is 30.0 Å². The van der Waals surface area contributed by atoms with Crippen molar-refractivity contribution in [1.29, 1.82) is 0 Å². The van der Waals surface area contributed by atoms with E-state index in [1.165, 1.54) is 0 Å². The second kappa shape index (κ2) is 9.28.